The van der Waals surface area contributed by atoms with Gasteiger partial charge in [0.15, 0.2) is 0 Å². The average molecular weight is 722 g/mol. The maximum Gasteiger partial charge on any atom is 0.132 e. The quantitative estimate of drug-likeness (QED) is 0.164. The fourth-order valence-corrected chi connectivity index (χ4v) is 8.67. The number of ether oxygens (including phenoxy) is 1. The number of benzene rings is 7. The molecule has 2 heterocycles. The van der Waals surface area contributed by atoms with E-state index in [4.69, 9.17) is 15.5 Å². The number of hydrogen-bond acceptors (Lipinski definition) is 4. The van der Waals surface area contributed by atoms with Crippen LogP contribution in [0.3, 0.4) is 0 Å². The number of aromatic nitrogens is 1. The molecule has 3 N–H and O–H groups in total. The Morgan fingerprint density at radius 3 is 1.89 bits per heavy atom. The molecule has 1 aromatic heterocycles. The van der Waals surface area contributed by atoms with Crippen LogP contribution in [0.1, 0.15) is 45.0 Å². The summed E-state index contributed by atoms with van der Waals surface area (Å²) in [4.78, 5) is 4.96. The first-order chi connectivity index (χ1) is 27.7. The maximum absolute atomic E-state index is 6.59. The second kappa shape index (κ2) is 14.0. The van der Waals surface area contributed by atoms with Crippen LogP contribution < -0.4 is 15.8 Å². The Morgan fingerprint density at radius 2 is 1.18 bits per heavy atom. The first kappa shape index (κ1) is 33.6. The molecule has 2 aliphatic rings. The van der Waals surface area contributed by atoms with Gasteiger partial charge in [-0.3, -0.25) is 4.98 Å². The normalized spacial score (nSPS) is 13.9. The average Bonchev–Trinajstić information content (AvgIpc) is 3.56. The van der Waals surface area contributed by atoms with E-state index in [-0.39, 0.29) is 6.04 Å². The first-order valence-electron chi connectivity index (χ1n) is 19.1. The van der Waals surface area contributed by atoms with Gasteiger partial charge in [0.1, 0.15) is 11.5 Å². The topological polar surface area (TPSA) is 60.2 Å². The number of nitrogens with zero attached hydrogens (tertiary/aromatic N) is 1. The van der Waals surface area contributed by atoms with E-state index in [1.54, 1.807) is 0 Å². The Balaban J connectivity index is 0.961. The van der Waals surface area contributed by atoms with Gasteiger partial charge >= 0.3 is 0 Å². The Hall–Kier alpha value is -7.01. The highest BCUT2D eigenvalue weighted by atomic mass is 16.5. The van der Waals surface area contributed by atoms with Crippen molar-refractivity contribution in [3.63, 3.8) is 0 Å². The van der Waals surface area contributed by atoms with Gasteiger partial charge < -0.3 is 15.8 Å². The molecule has 4 nitrogen and oxygen atoms in total. The van der Waals surface area contributed by atoms with E-state index < -0.39 is 5.41 Å². The van der Waals surface area contributed by atoms with Crippen molar-refractivity contribution >= 4 is 5.70 Å². The number of hydrogen-bond donors (Lipinski definition) is 2. The summed E-state index contributed by atoms with van der Waals surface area (Å²) >= 11 is 0. The van der Waals surface area contributed by atoms with Crippen molar-refractivity contribution in [1.29, 1.82) is 0 Å². The summed E-state index contributed by atoms with van der Waals surface area (Å²) in [6.45, 7) is 0.690. The van der Waals surface area contributed by atoms with Crippen molar-refractivity contribution < 1.29 is 4.74 Å². The van der Waals surface area contributed by atoms with Gasteiger partial charge in [-0.15, -0.1) is 0 Å². The monoisotopic (exact) mass is 721 g/mol. The molecule has 1 spiro atoms. The minimum Gasteiger partial charge on any atom is -0.457 e. The predicted octanol–water partition coefficient (Wildman–Crippen LogP) is 11.7. The lowest BCUT2D eigenvalue weighted by molar-refractivity contribution is 0.436. The zero-order chi connectivity index (χ0) is 37.5. The molecule has 268 valence electrons. The molecule has 1 atom stereocenters. The molecule has 8 aromatic rings. The minimum absolute atomic E-state index is 0.0440. The van der Waals surface area contributed by atoms with E-state index in [0.717, 1.165) is 56.3 Å². The zero-order valence-corrected chi connectivity index (χ0v) is 30.8. The number of nitrogens with two attached hydrogens (primary N) is 1. The van der Waals surface area contributed by atoms with Gasteiger partial charge in [-0.2, -0.15) is 0 Å². The second-order valence-corrected chi connectivity index (χ2v) is 14.5. The summed E-state index contributed by atoms with van der Waals surface area (Å²) < 4.78 is 6.52. The molecule has 0 radical (unpaired) electrons. The minimum atomic E-state index is -0.544. The molecule has 0 saturated heterocycles. The molecule has 0 amide bonds. The van der Waals surface area contributed by atoms with E-state index in [2.05, 4.69) is 151 Å². The number of nitrogens with one attached hydrogen (secondary N) is 1. The van der Waals surface area contributed by atoms with Crippen LogP contribution in [0.25, 0.3) is 39.2 Å². The van der Waals surface area contributed by atoms with Gasteiger partial charge in [-0.05, 0) is 86.5 Å². The zero-order valence-electron chi connectivity index (χ0n) is 30.8. The smallest absolute Gasteiger partial charge is 0.132 e. The van der Waals surface area contributed by atoms with E-state index in [0.29, 0.717) is 6.54 Å². The van der Waals surface area contributed by atoms with Crippen LogP contribution in [-0.4, -0.2) is 4.98 Å². The Labute approximate surface area is 327 Å². The Morgan fingerprint density at radius 1 is 0.571 bits per heavy atom. The molecule has 1 unspecified atom stereocenters. The van der Waals surface area contributed by atoms with Crippen LogP contribution in [0.5, 0.6) is 11.5 Å². The standard InChI is InChI=1S/C52H39N3O/c53-47(38-14-3-1-4-15-38)33-48(39-16-5-2-6-17-39)55-34-35-13-11-18-40(31-35)36-24-26-37(27-25-36)41-28-29-42-46(32-41)52(45-21-12-30-54-51(42)45)43-19-7-9-22-49(43)56-50-23-10-8-20-44(50)52/h1-33,48,55H,34,53H2/b47-33-. The Bertz CT molecular complexity index is 2690. The third-order valence-corrected chi connectivity index (χ3v) is 11.3. The van der Waals surface area contributed by atoms with Crippen LogP contribution in [0.2, 0.25) is 0 Å². The van der Waals surface area contributed by atoms with E-state index >= 15 is 0 Å². The Kier molecular flexibility index (Phi) is 8.39. The summed E-state index contributed by atoms with van der Waals surface area (Å²) in [7, 11) is 0. The van der Waals surface area contributed by atoms with Crippen molar-refractivity contribution in [2.75, 3.05) is 0 Å². The molecule has 10 rings (SSSR count). The van der Waals surface area contributed by atoms with E-state index in [9.17, 15) is 0 Å². The summed E-state index contributed by atoms with van der Waals surface area (Å²) in [6, 6.07) is 66.3. The first-order valence-corrected chi connectivity index (χ1v) is 19.1. The highest BCUT2D eigenvalue weighted by molar-refractivity contribution is 5.88. The van der Waals surface area contributed by atoms with Crippen molar-refractivity contribution in [3.05, 3.63) is 239 Å². The van der Waals surface area contributed by atoms with Crippen LogP contribution >= 0.6 is 0 Å². The highest BCUT2D eigenvalue weighted by Crippen LogP contribution is 2.61. The molecule has 1 aliphatic carbocycles. The van der Waals surface area contributed by atoms with Crippen LogP contribution in [0, 0.1) is 0 Å². The van der Waals surface area contributed by atoms with Gasteiger partial charge in [-0.1, -0.05) is 158 Å². The van der Waals surface area contributed by atoms with E-state index in [1.807, 2.05) is 54.7 Å². The molecule has 1 aliphatic heterocycles. The van der Waals surface area contributed by atoms with Crippen molar-refractivity contribution in [3.8, 4) is 45.0 Å². The molecular weight excluding hydrogens is 683 g/mol. The summed E-state index contributed by atoms with van der Waals surface area (Å²) in [5.41, 5.74) is 21.7. The van der Waals surface area contributed by atoms with Crippen LogP contribution in [-0.2, 0) is 12.0 Å². The fourth-order valence-electron chi connectivity index (χ4n) is 8.67. The van der Waals surface area contributed by atoms with Crippen LogP contribution in [0.4, 0.5) is 0 Å². The summed E-state index contributed by atoms with van der Waals surface area (Å²) in [5.74, 6) is 1.76. The second-order valence-electron chi connectivity index (χ2n) is 14.5. The van der Waals surface area contributed by atoms with Crippen molar-refractivity contribution in [1.82, 2.24) is 10.3 Å². The van der Waals surface area contributed by atoms with Gasteiger partial charge in [0, 0.05) is 35.1 Å². The molecule has 0 fully saturated rings. The third-order valence-electron chi connectivity index (χ3n) is 11.3. The molecule has 4 heteroatoms. The van der Waals surface area contributed by atoms with Crippen LogP contribution in [0.15, 0.2) is 200 Å². The van der Waals surface area contributed by atoms with Crippen molar-refractivity contribution in [2.45, 2.75) is 18.0 Å². The number of fused-ring (bicyclic) bond motifs is 9. The third kappa shape index (κ3) is 5.70. The maximum atomic E-state index is 6.59. The molecule has 0 saturated carbocycles. The number of rotatable bonds is 8. The van der Waals surface area contributed by atoms with Crippen molar-refractivity contribution in [2.24, 2.45) is 5.73 Å². The van der Waals surface area contributed by atoms with Gasteiger partial charge in [0.05, 0.1) is 17.2 Å². The molecular formula is C52H39N3O. The fraction of sp³-hybridized carbons (Fsp3) is 0.0577. The SMILES string of the molecule is N/C(=C\C(NCc1cccc(-c2ccc(-c3ccc4c(c3)C3(c5ccccc5Oc5ccccc53)c3cccnc3-4)cc2)c1)c1ccccc1)c1ccccc1. The lowest BCUT2D eigenvalue weighted by atomic mass is 9.66. The largest absolute Gasteiger partial charge is 0.457 e. The molecule has 56 heavy (non-hydrogen) atoms. The van der Waals surface area contributed by atoms with Gasteiger partial charge in [0.25, 0.3) is 0 Å². The lowest BCUT2D eigenvalue weighted by Gasteiger charge is -2.39. The molecule has 0 bridgehead atoms. The lowest BCUT2D eigenvalue weighted by Crippen LogP contribution is -2.32. The number of pyridine rings is 1. The van der Waals surface area contributed by atoms with Gasteiger partial charge in [-0.25, -0.2) is 0 Å². The highest BCUT2D eigenvalue weighted by Gasteiger charge is 2.51. The van der Waals surface area contributed by atoms with Gasteiger partial charge in [0.2, 0.25) is 0 Å². The number of para-hydroxylation sites is 2. The molecule has 7 aromatic carbocycles. The van der Waals surface area contributed by atoms with E-state index in [1.165, 1.54) is 33.4 Å². The predicted molar refractivity (Wildman–Crippen MR) is 227 cm³/mol. The summed E-state index contributed by atoms with van der Waals surface area (Å²) in [6.07, 6.45) is 4.01. The summed E-state index contributed by atoms with van der Waals surface area (Å²) in [5, 5.41) is 3.76.